The highest BCUT2D eigenvalue weighted by molar-refractivity contribution is 7.16. The minimum Gasteiger partial charge on any atom is -0.394 e. The van der Waals surface area contributed by atoms with E-state index < -0.39 is 4.92 Å². The summed E-state index contributed by atoms with van der Waals surface area (Å²) in [5.74, 6) is 0. The molecule has 3 aromatic rings. The summed E-state index contributed by atoms with van der Waals surface area (Å²) in [6.45, 7) is 5.51. The number of azo groups is 2. The molecular formula is C31H33N9O7S. The Morgan fingerprint density at radius 1 is 0.812 bits per heavy atom. The second kappa shape index (κ2) is 19.5. The Bertz CT molecular complexity index is 1760. The number of hydrogen-bond donors (Lipinski definition) is 2. The lowest BCUT2D eigenvalue weighted by Gasteiger charge is -2.26. The molecule has 17 heteroatoms. The maximum Gasteiger partial charge on any atom is 0.270 e. The van der Waals surface area contributed by atoms with Crippen LogP contribution in [0.5, 0.6) is 0 Å². The summed E-state index contributed by atoms with van der Waals surface area (Å²) in [6, 6.07) is 13.1. The van der Waals surface area contributed by atoms with E-state index in [9.17, 15) is 25.9 Å². The number of aliphatic hydroxyl groups is 2. The third-order valence-electron chi connectivity index (χ3n) is 6.66. The van der Waals surface area contributed by atoms with E-state index in [1.807, 2.05) is 24.0 Å². The second-order valence-corrected chi connectivity index (χ2v) is 10.8. The van der Waals surface area contributed by atoms with Gasteiger partial charge < -0.3 is 29.3 Å². The fraction of sp³-hybridized carbons (Fsp3) is 0.387. The number of nitro groups is 1. The van der Waals surface area contributed by atoms with Crippen LogP contribution in [-0.4, -0.2) is 81.1 Å². The van der Waals surface area contributed by atoms with Gasteiger partial charge in [0.1, 0.15) is 34.5 Å². The zero-order valence-electron chi connectivity index (χ0n) is 26.3. The van der Waals surface area contributed by atoms with E-state index in [1.54, 1.807) is 13.0 Å². The van der Waals surface area contributed by atoms with Crippen molar-refractivity contribution in [3.8, 4) is 18.2 Å². The van der Waals surface area contributed by atoms with Gasteiger partial charge in [0.25, 0.3) is 5.69 Å². The molecule has 0 spiro atoms. The highest BCUT2D eigenvalue weighted by Gasteiger charge is 2.18. The third kappa shape index (κ3) is 10.4. The van der Waals surface area contributed by atoms with Crippen molar-refractivity contribution in [2.24, 2.45) is 20.5 Å². The van der Waals surface area contributed by atoms with E-state index >= 15 is 0 Å². The molecule has 0 unspecified atom stereocenters. The zero-order valence-corrected chi connectivity index (χ0v) is 27.1. The van der Waals surface area contributed by atoms with Gasteiger partial charge in [-0.05, 0) is 43.2 Å². The number of nitriles is 3. The number of thiophene rings is 1. The zero-order chi connectivity index (χ0) is 34.9. The van der Waals surface area contributed by atoms with Crippen LogP contribution in [0.15, 0.2) is 50.8 Å². The minimum absolute atomic E-state index is 0.0435. The lowest BCUT2D eigenvalue weighted by molar-refractivity contribution is -0.384. The molecule has 0 atom stereocenters. The van der Waals surface area contributed by atoms with E-state index in [2.05, 4.69) is 32.6 Å². The third-order valence-corrected chi connectivity index (χ3v) is 7.74. The van der Waals surface area contributed by atoms with Crippen molar-refractivity contribution in [3.05, 3.63) is 67.6 Å². The lowest BCUT2D eigenvalue weighted by atomic mass is 10.1. The molecule has 0 aliphatic heterocycles. The summed E-state index contributed by atoms with van der Waals surface area (Å²) in [4.78, 5) is 12.9. The first kappa shape index (κ1) is 37.3. The smallest absolute Gasteiger partial charge is 0.270 e. The number of nitrogens with zero attached hydrogens (tertiary/aromatic N) is 9. The summed E-state index contributed by atoms with van der Waals surface area (Å²) >= 11 is 1.05. The van der Waals surface area contributed by atoms with Crippen molar-refractivity contribution in [3.63, 3.8) is 0 Å². The fourth-order valence-electron chi connectivity index (χ4n) is 4.19. The summed E-state index contributed by atoms with van der Waals surface area (Å²) in [7, 11) is 0. The Morgan fingerprint density at radius 2 is 1.44 bits per heavy atom. The SMILES string of the molecule is Cc1cc(N(CCOCCO)CCOCCOCCO)c(/N=N/c2ccc([N+](=O)[O-])cc2C#N)cc1/N=N/c1sc(C#N)c(C)c1C#N. The normalized spacial score (nSPS) is 11.1. The van der Waals surface area contributed by atoms with Crippen molar-refractivity contribution in [2.45, 2.75) is 13.8 Å². The molecule has 16 nitrogen and oxygen atoms in total. The van der Waals surface area contributed by atoms with Gasteiger partial charge in [-0.25, -0.2) is 0 Å². The molecule has 0 fully saturated rings. The largest absolute Gasteiger partial charge is 0.394 e. The highest BCUT2D eigenvalue weighted by Crippen LogP contribution is 2.40. The first-order chi connectivity index (χ1) is 23.3. The molecule has 3 rings (SSSR count). The van der Waals surface area contributed by atoms with Crippen LogP contribution in [0.1, 0.15) is 27.1 Å². The topological polar surface area (TPSA) is 235 Å². The number of hydrogen-bond acceptors (Lipinski definition) is 16. The molecule has 0 bridgehead atoms. The number of aryl methyl sites for hydroxylation is 1. The van der Waals surface area contributed by atoms with Gasteiger partial charge in [0.15, 0.2) is 5.00 Å². The molecule has 250 valence electrons. The van der Waals surface area contributed by atoms with E-state index in [1.165, 1.54) is 12.1 Å². The Balaban J connectivity index is 2.06. The molecular weight excluding hydrogens is 642 g/mol. The predicted molar refractivity (Wildman–Crippen MR) is 175 cm³/mol. The van der Waals surface area contributed by atoms with Crippen LogP contribution in [0.25, 0.3) is 0 Å². The number of non-ortho nitro benzene ring substituents is 1. The molecule has 48 heavy (non-hydrogen) atoms. The minimum atomic E-state index is -0.610. The molecule has 0 aliphatic rings. The average molecular weight is 676 g/mol. The maximum atomic E-state index is 11.2. The standard InChI is InChI=1S/C31H33N9O7S/c1-21-15-29(39(5-9-45-11-7-41)6-10-46-13-14-47-12-8-42)28(37-35-26-4-3-24(40(43)44)16-23(26)18-32)17-27(21)36-38-31-25(19-33)22(2)30(20-34)48-31/h3-4,15-17,41-42H,5-14H2,1-2H3/b37-35+,38-36+. The van der Waals surface area contributed by atoms with E-state index in [0.29, 0.717) is 59.4 Å². The van der Waals surface area contributed by atoms with Gasteiger partial charge >= 0.3 is 0 Å². The fourth-order valence-corrected chi connectivity index (χ4v) is 5.07. The van der Waals surface area contributed by atoms with Crippen molar-refractivity contribution in [1.82, 2.24) is 0 Å². The maximum absolute atomic E-state index is 11.2. The first-order valence-electron chi connectivity index (χ1n) is 14.6. The number of benzene rings is 2. The number of anilines is 1. The van der Waals surface area contributed by atoms with Crippen LogP contribution in [0.3, 0.4) is 0 Å². The average Bonchev–Trinajstić information content (AvgIpc) is 3.41. The summed E-state index contributed by atoms with van der Waals surface area (Å²) < 4.78 is 16.5. The molecule has 2 N–H and O–H groups in total. The van der Waals surface area contributed by atoms with Gasteiger partial charge in [-0.1, -0.05) is 0 Å². The quantitative estimate of drug-likeness (QED) is 0.0690. The highest BCUT2D eigenvalue weighted by atomic mass is 32.1. The molecule has 0 amide bonds. The van der Waals surface area contributed by atoms with Gasteiger partial charge in [0, 0.05) is 25.2 Å². The summed E-state index contributed by atoms with van der Waals surface area (Å²) in [5.41, 5.74) is 2.57. The monoisotopic (exact) mass is 675 g/mol. The van der Waals surface area contributed by atoms with Crippen molar-refractivity contribution >= 4 is 44.8 Å². The van der Waals surface area contributed by atoms with Crippen LogP contribution < -0.4 is 4.90 Å². The Morgan fingerprint density at radius 3 is 2.04 bits per heavy atom. The lowest BCUT2D eigenvalue weighted by Crippen LogP contribution is -2.31. The van der Waals surface area contributed by atoms with E-state index in [0.717, 1.165) is 17.4 Å². The van der Waals surface area contributed by atoms with Crippen molar-refractivity contribution in [1.29, 1.82) is 15.8 Å². The van der Waals surface area contributed by atoms with Gasteiger partial charge in [-0.3, -0.25) is 10.1 Å². The molecule has 0 saturated heterocycles. The van der Waals surface area contributed by atoms with E-state index in [-0.39, 0.29) is 67.1 Å². The summed E-state index contributed by atoms with van der Waals surface area (Å²) in [6.07, 6.45) is 0. The van der Waals surface area contributed by atoms with Gasteiger partial charge in [0.2, 0.25) is 0 Å². The number of ether oxygens (including phenoxy) is 3. The Kier molecular flexibility index (Phi) is 15.1. The number of rotatable bonds is 19. The Hall–Kier alpha value is -5.19. The van der Waals surface area contributed by atoms with E-state index in [4.69, 9.17) is 24.4 Å². The summed E-state index contributed by atoms with van der Waals surface area (Å²) in [5, 5.41) is 75.5. The van der Waals surface area contributed by atoms with Crippen LogP contribution in [-0.2, 0) is 14.2 Å². The van der Waals surface area contributed by atoms with Crippen LogP contribution in [0.2, 0.25) is 0 Å². The van der Waals surface area contributed by atoms with Crippen LogP contribution in [0, 0.1) is 58.0 Å². The first-order valence-corrected chi connectivity index (χ1v) is 15.4. The van der Waals surface area contributed by atoms with Crippen molar-refractivity contribution < 1.29 is 29.3 Å². The molecule has 0 aliphatic carbocycles. The second-order valence-electron chi connectivity index (χ2n) is 9.83. The van der Waals surface area contributed by atoms with Gasteiger partial charge in [-0.15, -0.1) is 31.8 Å². The molecule has 0 radical (unpaired) electrons. The Labute approximate surface area is 280 Å². The number of aliphatic hydroxyl groups excluding tert-OH is 2. The van der Waals surface area contributed by atoms with Crippen molar-refractivity contribution in [2.75, 3.05) is 70.8 Å². The van der Waals surface area contributed by atoms with Gasteiger partial charge in [0.05, 0.1) is 80.3 Å². The van der Waals surface area contributed by atoms with Crippen LogP contribution in [0.4, 0.5) is 33.4 Å². The van der Waals surface area contributed by atoms with Gasteiger partial charge in [-0.2, -0.15) is 15.8 Å². The van der Waals surface area contributed by atoms with Crippen LogP contribution >= 0.6 is 11.3 Å². The molecule has 1 aromatic heterocycles. The number of nitro benzene ring substituents is 1. The molecule has 2 aromatic carbocycles. The molecule has 1 heterocycles. The molecule has 0 saturated carbocycles. The predicted octanol–water partition coefficient (Wildman–Crippen LogP) is 5.56.